The van der Waals surface area contributed by atoms with Gasteiger partial charge >= 0.3 is 0 Å². The van der Waals surface area contributed by atoms with Gasteiger partial charge in [-0.15, -0.1) is 11.3 Å². The molecule has 0 aliphatic heterocycles. The van der Waals surface area contributed by atoms with Gasteiger partial charge in [0.25, 0.3) is 0 Å². The van der Waals surface area contributed by atoms with Gasteiger partial charge in [0.15, 0.2) is 0 Å². The Morgan fingerprint density at radius 3 is 2.83 bits per heavy atom. The van der Waals surface area contributed by atoms with Crippen molar-refractivity contribution in [1.29, 1.82) is 0 Å². The Balaban J connectivity index is 1.86. The first-order valence-corrected chi connectivity index (χ1v) is 8.45. The zero-order valence-electron chi connectivity index (χ0n) is 12.9. The molecule has 2 N–H and O–H groups in total. The Morgan fingerprint density at radius 1 is 1.22 bits per heavy atom. The van der Waals surface area contributed by atoms with Gasteiger partial charge in [0.05, 0.1) is 5.39 Å². The van der Waals surface area contributed by atoms with Crippen LogP contribution in [0.15, 0.2) is 42.0 Å². The van der Waals surface area contributed by atoms with Crippen LogP contribution in [0, 0.1) is 0 Å². The summed E-state index contributed by atoms with van der Waals surface area (Å²) in [6.07, 6.45) is 1.98. The molecule has 5 nitrogen and oxygen atoms in total. The van der Waals surface area contributed by atoms with Gasteiger partial charge in [-0.3, -0.25) is 4.79 Å². The highest BCUT2D eigenvalue weighted by Gasteiger charge is 2.12. The lowest BCUT2D eigenvalue weighted by Crippen LogP contribution is -2.24. The predicted molar refractivity (Wildman–Crippen MR) is 94.6 cm³/mol. The largest absolute Gasteiger partial charge is 0.369 e. The first-order chi connectivity index (χ1) is 11.3. The Bertz CT molecular complexity index is 801. The van der Waals surface area contributed by atoms with Crippen LogP contribution < -0.4 is 10.6 Å². The highest BCUT2D eigenvalue weighted by Crippen LogP contribution is 2.36. The second-order valence-corrected chi connectivity index (χ2v) is 5.91. The summed E-state index contributed by atoms with van der Waals surface area (Å²) in [5.41, 5.74) is 2.26. The molecule has 2 aromatic heterocycles. The van der Waals surface area contributed by atoms with E-state index in [-0.39, 0.29) is 5.91 Å². The third-order valence-corrected chi connectivity index (χ3v) is 4.36. The summed E-state index contributed by atoms with van der Waals surface area (Å²) in [5.74, 6) is 0.818. The van der Waals surface area contributed by atoms with Gasteiger partial charge in [-0.2, -0.15) is 0 Å². The van der Waals surface area contributed by atoms with Crippen LogP contribution in [0.4, 0.5) is 5.82 Å². The van der Waals surface area contributed by atoms with E-state index in [1.807, 2.05) is 25.1 Å². The standard InChI is InChI=1S/C17H18N4OS/c1-2-18-14(22)8-9-19-16-15-13(12-6-4-3-5-7-12)10-23-17(15)21-11-20-16/h3-7,10-11H,2,8-9H2,1H3,(H,18,22)(H,19,20,21). The van der Waals surface area contributed by atoms with Crippen molar-refractivity contribution in [1.82, 2.24) is 15.3 Å². The second kappa shape index (κ2) is 7.19. The van der Waals surface area contributed by atoms with Crippen molar-refractivity contribution < 1.29 is 4.79 Å². The van der Waals surface area contributed by atoms with Crippen molar-refractivity contribution in [3.05, 3.63) is 42.0 Å². The minimum atomic E-state index is 0.0406. The lowest BCUT2D eigenvalue weighted by Gasteiger charge is -2.08. The quantitative estimate of drug-likeness (QED) is 0.729. The summed E-state index contributed by atoms with van der Waals surface area (Å²) < 4.78 is 0. The molecule has 0 fully saturated rings. The van der Waals surface area contributed by atoms with Crippen molar-refractivity contribution in [3.8, 4) is 11.1 Å². The van der Waals surface area contributed by atoms with Gasteiger partial charge in [-0.05, 0) is 12.5 Å². The van der Waals surface area contributed by atoms with Crippen LogP contribution in [0.3, 0.4) is 0 Å². The Kier molecular flexibility index (Phi) is 4.83. The first-order valence-electron chi connectivity index (χ1n) is 7.57. The van der Waals surface area contributed by atoms with Gasteiger partial charge < -0.3 is 10.6 Å². The minimum Gasteiger partial charge on any atom is -0.369 e. The zero-order chi connectivity index (χ0) is 16.1. The highest BCUT2D eigenvalue weighted by atomic mass is 32.1. The fraction of sp³-hybridized carbons (Fsp3) is 0.235. The van der Waals surface area contributed by atoms with Crippen LogP contribution in [0.1, 0.15) is 13.3 Å². The van der Waals surface area contributed by atoms with Crippen LogP contribution in [0.5, 0.6) is 0 Å². The molecule has 0 aliphatic carbocycles. The molecular weight excluding hydrogens is 308 g/mol. The third-order valence-electron chi connectivity index (χ3n) is 3.47. The molecule has 3 aromatic rings. The van der Waals surface area contributed by atoms with E-state index in [9.17, 15) is 4.79 Å². The third kappa shape index (κ3) is 3.48. The highest BCUT2D eigenvalue weighted by molar-refractivity contribution is 7.17. The molecule has 1 aromatic carbocycles. The number of hydrogen-bond acceptors (Lipinski definition) is 5. The summed E-state index contributed by atoms with van der Waals surface area (Å²) >= 11 is 1.60. The molecule has 0 spiro atoms. The molecule has 0 saturated heterocycles. The number of hydrogen-bond donors (Lipinski definition) is 2. The van der Waals surface area contributed by atoms with E-state index < -0.39 is 0 Å². The normalized spacial score (nSPS) is 10.7. The maximum atomic E-state index is 11.6. The lowest BCUT2D eigenvalue weighted by molar-refractivity contribution is -0.120. The number of fused-ring (bicyclic) bond motifs is 1. The van der Waals surface area contributed by atoms with E-state index in [0.29, 0.717) is 19.5 Å². The van der Waals surface area contributed by atoms with Crippen LogP contribution in [0.2, 0.25) is 0 Å². The smallest absolute Gasteiger partial charge is 0.221 e. The molecule has 0 bridgehead atoms. The van der Waals surface area contributed by atoms with Crippen molar-refractivity contribution in [2.75, 3.05) is 18.4 Å². The molecule has 1 amide bonds. The van der Waals surface area contributed by atoms with Crippen LogP contribution in [-0.4, -0.2) is 29.0 Å². The molecule has 2 heterocycles. The number of rotatable bonds is 6. The maximum Gasteiger partial charge on any atom is 0.221 e. The maximum absolute atomic E-state index is 11.6. The summed E-state index contributed by atoms with van der Waals surface area (Å²) in [5, 5.41) is 9.17. The Hall–Kier alpha value is -2.47. The molecule has 0 atom stereocenters. The molecule has 0 radical (unpaired) electrons. The topological polar surface area (TPSA) is 66.9 Å². The number of thiophene rings is 1. The van der Waals surface area contributed by atoms with Gasteiger partial charge in [0, 0.05) is 30.5 Å². The fourth-order valence-electron chi connectivity index (χ4n) is 2.42. The first kappa shape index (κ1) is 15.4. The van der Waals surface area contributed by atoms with E-state index in [1.165, 1.54) is 0 Å². The van der Waals surface area contributed by atoms with E-state index in [1.54, 1.807) is 17.7 Å². The molecule has 23 heavy (non-hydrogen) atoms. The molecule has 6 heteroatoms. The fourth-order valence-corrected chi connectivity index (χ4v) is 3.34. The average Bonchev–Trinajstić information content (AvgIpc) is 3.01. The average molecular weight is 326 g/mol. The number of aromatic nitrogens is 2. The SMILES string of the molecule is CCNC(=O)CCNc1ncnc2scc(-c3ccccc3)c12. The Morgan fingerprint density at radius 2 is 2.04 bits per heavy atom. The predicted octanol–water partition coefficient (Wildman–Crippen LogP) is 3.30. The number of anilines is 1. The van der Waals surface area contributed by atoms with Gasteiger partial charge in [0.2, 0.25) is 5.91 Å². The summed E-state index contributed by atoms with van der Waals surface area (Å²) in [6.45, 7) is 3.11. The van der Waals surface area contributed by atoms with Crippen molar-refractivity contribution in [2.24, 2.45) is 0 Å². The second-order valence-electron chi connectivity index (χ2n) is 5.05. The van der Waals surface area contributed by atoms with Crippen molar-refractivity contribution >= 4 is 33.3 Å². The monoisotopic (exact) mass is 326 g/mol. The number of nitrogens with one attached hydrogen (secondary N) is 2. The van der Waals surface area contributed by atoms with E-state index in [4.69, 9.17) is 0 Å². The molecule has 118 valence electrons. The minimum absolute atomic E-state index is 0.0406. The Labute approximate surface area is 138 Å². The summed E-state index contributed by atoms with van der Waals surface area (Å²) in [6, 6.07) is 10.2. The number of amides is 1. The molecule has 0 saturated carbocycles. The summed E-state index contributed by atoms with van der Waals surface area (Å²) in [4.78, 5) is 21.2. The van der Waals surface area contributed by atoms with Crippen molar-refractivity contribution in [3.63, 3.8) is 0 Å². The number of benzene rings is 1. The zero-order valence-corrected chi connectivity index (χ0v) is 13.7. The van der Waals surface area contributed by atoms with Crippen LogP contribution in [0.25, 0.3) is 21.3 Å². The molecule has 0 unspecified atom stereocenters. The number of carbonyl (C=O) groups is 1. The van der Waals surface area contributed by atoms with E-state index in [2.05, 4.69) is 38.1 Å². The van der Waals surface area contributed by atoms with Gasteiger partial charge in [-0.1, -0.05) is 30.3 Å². The van der Waals surface area contributed by atoms with Gasteiger partial charge in [0.1, 0.15) is 17.0 Å². The molecule has 3 rings (SSSR count). The lowest BCUT2D eigenvalue weighted by atomic mass is 10.1. The van der Waals surface area contributed by atoms with E-state index >= 15 is 0 Å². The van der Waals surface area contributed by atoms with Gasteiger partial charge in [-0.25, -0.2) is 9.97 Å². The number of carbonyl (C=O) groups excluding carboxylic acids is 1. The molecule has 0 aliphatic rings. The summed E-state index contributed by atoms with van der Waals surface area (Å²) in [7, 11) is 0. The van der Waals surface area contributed by atoms with Crippen LogP contribution >= 0.6 is 11.3 Å². The number of nitrogens with zero attached hydrogens (tertiary/aromatic N) is 2. The van der Waals surface area contributed by atoms with E-state index in [0.717, 1.165) is 27.2 Å². The van der Waals surface area contributed by atoms with Crippen molar-refractivity contribution in [2.45, 2.75) is 13.3 Å². The van der Waals surface area contributed by atoms with Crippen LogP contribution in [-0.2, 0) is 4.79 Å². The molecular formula is C17H18N4OS.